The molecule has 0 aliphatic carbocycles. The molecule has 1 aromatic heterocycles. The van der Waals surface area contributed by atoms with E-state index < -0.39 is 0 Å². The number of hydrogen-bond donors (Lipinski definition) is 1. The Bertz CT molecular complexity index is 563. The maximum atomic E-state index is 5.71. The van der Waals surface area contributed by atoms with Crippen molar-refractivity contribution < 1.29 is 0 Å². The van der Waals surface area contributed by atoms with Gasteiger partial charge in [-0.15, -0.1) is 0 Å². The van der Waals surface area contributed by atoms with E-state index in [9.17, 15) is 0 Å². The summed E-state index contributed by atoms with van der Waals surface area (Å²) in [6, 6.07) is 14.9. The van der Waals surface area contributed by atoms with Crippen LogP contribution in [-0.2, 0) is 13.1 Å². The summed E-state index contributed by atoms with van der Waals surface area (Å²) in [7, 11) is 2.13. The fourth-order valence-electron chi connectivity index (χ4n) is 2.42. The fourth-order valence-corrected chi connectivity index (χ4v) is 2.42. The van der Waals surface area contributed by atoms with E-state index in [1.165, 1.54) is 11.1 Å². The maximum absolute atomic E-state index is 5.71. The van der Waals surface area contributed by atoms with Crippen molar-refractivity contribution >= 4 is 0 Å². The monoisotopic (exact) mass is 283 g/mol. The molecule has 0 saturated carbocycles. The van der Waals surface area contributed by atoms with Crippen LogP contribution < -0.4 is 5.73 Å². The first-order chi connectivity index (χ1) is 10.1. The van der Waals surface area contributed by atoms with Crippen molar-refractivity contribution in [2.24, 2.45) is 5.73 Å². The standard InChI is InChI=1S/C18H25N3/c1-14(11-19)17-9-7-16(8-10-17)12-21(3)13-18-6-4-5-15(2)20-18/h4-10,14H,11-13,19H2,1-3H3. The first-order valence-electron chi connectivity index (χ1n) is 7.48. The molecule has 0 aliphatic heterocycles. The van der Waals surface area contributed by atoms with Gasteiger partial charge in [-0.25, -0.2) is 0 Å². The topological polar surface area (TPSA) is 42.1 Å². The van der Waals surface area contributed by atoms with Crippen LogP contribution in [-0.4, -0.2) is 23.5 Å². The highest BCUT2D eigenvalue weighted by molar-refractivity contribution is 5.25. The van der Waals surface area contributed by atoms with Crippen LogP contribution in [0, 0.1) is 6.92 Å². The normalized spacial score (nSPS) is 12.6. The molecule has 2 rings (SSSR count). The largest absolute Gasteiger partial charge is 0.330 e. The first kappa shape index (κ1) is 15.7. The molecule has 0 bridgehead atoms. The van der Waals surface area contributed by atoms with E-state index in [1.54, 1.807) is 0 Å². The molecular formula is C18H25N3. The van der Waals surface area contributed by atoms with Crippen molar-refractivity contribution in [2.75, 3.05) is 13.6 Å². The second kappa shape index (κ2) is 7.34. The summed E-state index contributed by atoms with van der Waals surface area (Å²) in [5.74, 6) is 0.424. The van der Waals surface area contributed by atoms with Gasteiger partial charge < -0.3 is 5.73 Å². The molecule has 0 fully saturated rings. The molecule has 3 nitrogen and oxygen atoms in total. The van der Waals surface area contributed by atoms with Crippen molar-refractivity contribution in [1.29, 1.82) is 0 Å². The summed E-state index contributed by atoms with van der Waals surface area (Å²) in [4.78, 5) is 6.83. The van der Waals surface area contributed by atoms with Gasteiger partial charge >= 0.3 is 0 Å². The molecule has 2 aromatic rings. The predicted molar refractivity (Wildman–Crippen MR) is 88.1 cm³/mol. The number of nitrogens with two attached hydrogens (primary N) is 1. The first-order valence-corrected chi connectivity index (χ1v) is 7.48. The summed E-state index contributed by atoms with van der Waals surface area (Å²) in [5, 5.41) is 0. The number of aryl methyl sites for hydroxylation is 1. The number of nitrogens with zero attached hydrogens (tertiary/aromatic N) is 2. The number of benzene rings is 1. The highest BCUT2D eigenvalue weighted by Crippen LogP contribution is 2.15. The van der Waals surface area contributed by atoms with E-state index in [4.69, 9.17) is 5.73 Å². The third-order valence-electron chi connectivity index (χ3n) is 3.73. The molecule has 0 spiro atoms. The number of pyridine rings is 1. The zero-order valence-corrected chi connectivity index (χ0v) is 13.2. The molecule has 3 heteroatoms. The summed E-state index contributed by atoms with van der Waals surface area (Å²) in [5.41, 5.74) is 10.5. The molecule has 1 atom stereocenters. The van der Waals surface area contributed by atoms with E-state index in [2.05, 4.69) is 60.3 Å². The Labute approximate surface area is 127 Å². The minimum atomic E-state index is 0.424. The van der Waals surface area contributed by atoms with Gasteiger partial charge in [0.05, 0.1) is 5.69 Å². The molecule has 0 saturated heterocycles. The summed E-state index contributed by atoms with van der Waals surface area (Å²) >= 11 is 0. The molecule has 2 N–H and O–H groups in total. The third-order valence-corrected chi connectivity index (χ3v) is 3.73. The average Bonchev–Trinajstić information content (AvgIpc) is 2.47. The lowest BCUT2D eigenvalue weighted by atomic mass is 10.00. The molecule has 0 radical (unpaired) electrons. The maximum Gasteiger partial charge on any atom is 0.0547 e. The lowest BCUT2D eigenvalue weighted by molar-refractivity contribution is 0.315. The van der Waals surface area contributed by atoms with Crippen molar-refractivity contribution in [3.8, 4) is 0 Å². The zero-order valence-electron chi connectivity index (χ0n) is 13.2. The second-order valence-electron chi connectivity index (χ2n) is 5.82. The van der Waals surface area contributed by atoms with Crippen molar-refractivity contribution in [1.82, 2.24) is 9.88 Å². The molecule has 1 aromatic carbocycles. The fraction of sp³-hybridized carbons (Fsp3) is 0.389. The van der Waals surface area contributed by atoms with Gasteiger partial charge in [-0.3, -0.25) is 9.88 Å². The minimum Gasteiger partial charge on any atom is -0.330 e. The number of hydrogen-bond acceptors (Lipinski definition) is 3. The Morgan fingerprint density at radius 2 is 1.81 bits per heavy atom. The van der Waals surface area contributed by atoms with Crippen molar-refractivity contribution in [3.63, 3.8) is 0 Å². The van der Waals surface area contributed by atoms with Gasteiger partial charge in [-0.2, -0.15) is 0 Å². The van der Waals surface area contributed by atoms with Crippen LogP contribution in [0.25, 0.3) is 0 Å². The Kier molecular flexibility index (Phi) is 5.48. The van der Waals surface area contributed by atoms with E-state index in [-0.39, 0.29) is 0 Å². The van der Waals surface area contributed by atoms with Gasteiger partial charge in [0.15, 0.2) is 0 Å². The second-order valence-corrected chi connectivity index (χ2v) is 5.82. The van der Waals surface area contributed by atoms with Crippen LogP contribution in [0.15, 0.2) is 42.5 Å². The SMILES string of the molecule is Cc1cccc(CN(C)Cc2ccc(C(C)CN)cc2)n1. The minimum absolute atomic E-state index is 0.424. The third kappa shape index (κ3) is 4.66. The summed E-state index contributed by atoms with van der Waals surface area (Å²) in [6.07, 6.45) is 0. The summed E-state index contributed by atoms with van der Waals surface area (Å²) < 4.78 is 0. The number of aromatic nitrogens is 1. The van der Waals surface area contributed by atoms with Crippen LogP contribution >= 0.6 is 0 Å². The Hall–Kier alpha value is -1.71. The van der Waals surface area contributed by atoms with Crippen LogP contribution in [0.3, 0.4) is 0 Å². The molecule has 0 amide bonds. The van der Waals surface area contributed by atoms with Gasteiger partial charge in [0, 0.05) is 18.8 Å². The predicted octanol–water partition coefficient (Wildman–Crippen LogP) is 3.08. The Balaban J connectivity index is 1.94. The molecule has 21 heavy (non-hydrogen) atoms. The molecule has 0 aliphatic rings. The van der Waals surface area contributed by atoms with E-state index in [0.717, 1.165) is 24.5 Å². The lowest BCUT2D eigenvalue weighted by Gasteiger charge is -2.17. The molecule has 112 valence electrons. The van der Waals surface area contributed by atoms with E-state index >= 15 is 0 Å². The average molecular weight is 283 g/mol. The van der Waals surface area contributed by atoms with Crippen LogP contribution in [0.4, 0.5) is 0 Å². The summed E-state index contributed by atoms with van der Waals surface area (Å²) in [6.45, 7) is 6.67. The van der Waals surface area contributed by atoms with Gasteiger partial charge in [-0.1, -0.05) is 37.3 Å². The van der Waals surface area contributed by atoms with E-state index in [0.29, 0.717) is 12.5 Å². The zero-order chi connectivity index (χ0) is 15.2. The Morgan fingerprint density at radius 1 is 1.10 bits per heavy atom. The van der Waals surface area contributed by atoms with Gasteiger partial charge in [0.25, 0.3) is 0 Å². The van der Waals surface area contributed by atoms with Crippen LogP contribution in [0.5, 0.6) is 0 Å². The molecular weight excluding hydrogens is 258 g/mol. The quantitative estimate of drug-likeness (QED) is 0.886. The van der Waals surface area contributed by atoms with Crippen LogP contribution in [0.2, 0.25) is 0 Å². The van der Waals surface area contributed by atoms with E-state index in [1.807, 2.05) is 13.0 Å². The van der Waals surface area contributed by atoms with Crippen LogP contribution in [0.1, 0.15) is 35.4 Å². The smallest absolute Gasteiger partial charge is 0.0547 e. The van der Waals surface area contributed by atoms with Crippen molar-refractivity contribution in [3.05, 3.63) is 65.0 Å². The molecule has 1 heterocycles. The highest BCUT2D eigenvalue weighted by Gasteiger charge is 2.05. The number of rotatable bonds is 6. The van der Waals surface area contributed by atoms with Gasteiger partial charge in [-0.05, 0) is 49.7 Å². The molecule has 1 unspecified atom stereocenters. The van der Waals surface area contributed by atoms with Crippen molar-refractivity contribution in [2.45, 2.75) is 32.9 Å². The Morgan fingerprint density at radius 3 is 2.43 bits per heavy atom. The highest BCUT2D eigenvalue weighted by atomic mass is 15.1. The van der Waals surface area contributed by atoms with Gasteiger partial charge in [0.2, 0.25) is 0 Å². The van der Waals surface area contributed by atoms with Gasteiger partial charge in [0.1, 0.15) is 0 Å². The lowest BCUT2D eigenvalue weighted by Crippen LogP contribution is -2.18.